The van der Waals surface area contributed by atoms with Gasteiger partial charge in [-0.2, -0.15) is 0 Å². The molecule has 1 heterocycles. The molecular weight excluding hydrogens is 346 g/mol. The highest BCUT2D eigenvalue weighted by Gasteiger charge is 2.38. The van der Waals surface area contributed by atoms with Crippen molar-refractivity contribution in [1.82, 2.24) is 0 Å². The standard InChI is InChI=1S/C14H7BrF2N2O2/c15-6-1-2-7-8(3-6)14(21)19(13(7)20)12-5-11(18)9(16)4-10(12)17/h1-5H,18H2. The van der Waals surface area contributed by atoms with Gasteiger partial charge in [0.15, 0.2) is 0 Å². The summed E-state index contributed by atoms with van der Waals surface area (Å²) in [5.74, 6) is -3.33. The third-order valence-corrected chi connectivity index (χ3v) is 3.65. The molecule has 0 radical (unpaired) electrons. The van der Waals surface area contributed by atoms with Gasteiger partial charge in [0.2, 0.25) is 0 Å². The van der Waals surface area contributed by atoms with Crippen molar-refractivity contribution in [2.45, 2.75) is 0 Å². The number of carbonyl (C=O) groups is 2. The van der Waals surface area contributed by atoms with Gasteiger partial charge >= 0.3 is 0 Å². The molecule has 21 heavy (non-hydrogen) atoms. The van der Waals surface area contributed by atoms with E-state index in [0.717, 1.165) is 6.07 Å². The minimum Gasteiger partial charge on any atom is -0.396 e. The zero-order chi connectivity index (χ0) is 15.3. The van der Waals surface area contributed by atoms with Crippen LogP contribution in [0.25, 0.3) is 0 Å². The lowest BCUT2D eigenvalue weighted by molar-refractivity contribution is 0.0925. The molecule has 0 bridgehead atoms. The first-order valence-electron chi connectivity index (χ1n) is 5.83. The van der Waals surface area contributed by atoms with Crippen molar-refractivity contribution in [2.75, 3.05) is 10.6 Å². The van der Waals surface area contributed by atoms with Crippen LogP contribution in [0.3, 0.4) is 0 Å². The Hall–Kier alpha value is -2.28. The second kappa shape index (κ2) is 4.63. The number of hydrogen-bond acceptors (Lipinski definition) is 3. The molecule has 0 aliphatic carbocycles. The average Bonchev–Trinajstić information content (AvgIpc) is 2.66. The summed E-state index contributed by atoms with van der Waals surface area (Å²) >= 11 is 3.20. The van der Waals surface area contributed by atoms with E-state index >= 15 is 0 Å². The van der Waals surface area contributed by atoms with Crippen molar-refractivity contribution in [2.24, 2.45) is 0 Å². The number of fused-ring (bicyclic) bond motifs is 1. The van der Waals surface area contributed by atoms with E-state index in [1.54, 1.807) is 6.07 Å². The molecular formula is C14H7BrF2N2O2. The number of imide groups is 1. The normalized spacial score (nSPS) is 13.8. The molecule has 0 spiro atoms. The summed E-state index contributed by atoms with van der Waals surface area (Å²) in [6, 6.07) is 6.01. The fourth-order valence-electron chi connectivity index (χ4n) is 2.16. The molecule has 2 amide bonds. The van der Waals surface area contributed by atoms with Crippen molar-refractivity contribution in [3.8, 4) is 0 Å². The van der Waals surface area contributed by atoms with E-state index in [0.29, 0.717) is 15.4 Å². The molecule has 0 atom stereocenters. The lowest BCUT2D eigenvalue weighted by Crippen LogP contribution is -2.30. The molecule has 2 aromatic rings. The van der Waals surface area contributed by atoms with E-state index in [2.05, 4.69) is 15.9 Å². The first kappa shape index (κ1) is 13.7. The summed E-state index contributed by atoms with van der Waals surface area (Å²) in [7, 11) is 0. The molecule has 0 unspecified atom stereocenters. The molecule has 0 saturated carbocycles. The lowest BCUT2D eigenvalue weighted by Gasteiger charge is -2.15. The maximum absolute atomic E-state index is 13.9. The van der Waals surface area contributed by atoms with Gasteiger partial charge in [-0.25, -0.2) is 13.7 Å². The average molecular weight is 353 g/mol. The molecule has 1 aliphatic heterocycles. The van der Waals surface area contributed by atoms with Gasteiger partial charge in [0.25, 0.3) is 11.8 Å². The van der Waals surface area contributed by atoms with Crippen LogP contribution in [0.2, 0.25) is 0 Å². The van der Waals surface area contributed by atoms with Crippen LogP contribution in [0.15, 0.2) is 34.8 Å². The van der Waals surface area contributed by atoms with Crippen molar-refractivity contribution in [3.05, 3.63) is 57.6 Å². The topological polar surface area (TPSA) is 63.4 Å². The fraction of sp³-hybridized carbons (Fsp3) is 0. The molecule has 2 aromatic carbocycles. The van der Waals surface area contributed by atoms with Gasteiger partial charge in [-0.05, 0) is 24.3 Å². The van der Waals surface area contributed by atoms with Crippen molar-refractivity contribution in [1.29, 1.82) is 0 Å². The largest absolute Gasteiger partial charge is 0.396 e. The number of halogens is 3. The Labute approximate surface area is 126 Å². The summed E-state index contributed by atoms with van der Waals surface area (Å²) < 4.78 is 27.7. The molecule has 106 valence electrons. The summed E-state index contributed by atoms with van der Waals surface area (Å²) in [6.45, 7) is 0. The van der Waals surface area contributed by atoms with E-state index < -0.39 is 23.4 Å². The molecule has 3 rings (SSSR count). The smallest absolute Gasteiger partial charge is 0.266 e. The number of nitrogen functional groups attached to an aromatic ring is 1. The quantitative estimate of drug-likeness (QED) is 0.633. The Bertz CT molecular complexity index is 808. The number of nitrogens with zero attached hydrogens (tertiary/aromatic N) is 1. The van der Waals surface area contributed by atoms with Gasteiger partial charge in [-0.15, -0.1) is 0 Å². The van der Waals surface area contributed by atoms with E-state index in [4.69, 9.17) is 5.73 Å². The summed E-state index contributed by atoms with van der Waals surface area (Å²) in [5, 5.41) is 0. The predicted octanol–water partition coefficient (Wildman–Crippen LogP) is 3.11. The Morgan fingerprint density at radius 3 is 2.33 bits per heavy atom. The van der Waals surface area contributed by atoms with Crippen molar-refractivity contribution < 1.29 is 18.4 Å². The van der Waals surface area contributed by atoms with Crippen LogP contribution in [0.4, 0.5) is 20.2 Å². The van der Waals surface area contributed by atoms with Gasteiger partial charge in [-0.1, -0.05) is 15.9 Å². The number of rotatable bonds is 1. The van der Waals surface area contributed by atoms with Gasteiger partial charge in [-0.3, -0.25) is 9.59 Å². The number of carbonyl (C=O) groups excluding carboxylic acids is 2. The van der Waals surface area contributed by atoms with Gasteiger partial charge in [0, 0.05) is 10.5 Å². The summed E-state index contributed by atoms with van der Waals surface area (Å²) in [5.41, 5.74) is 4.98. The highest BCUT2D eigenvalue weighted by Crippen LogP contribution is 2.33. The fourth-order valence-corrected chi connectivity index (χ4v) is 2.52. The molecule has 7 heteroatoms. The Kier molecular flexibility index (Phi) is 3.02. The molecule has 0 saturated heterocycles. The van der Waals surface area contributed by atoms with Crippen LogP contribution >= 0.6 is 15.9 Å². The van der Waals surface area contributed by atoms with Crippen LogP contribution in [0.5, 0.6) is 0 Å². The number of hydrogen-bond donors (Lipinski definition) is 1. The minimum atomic E-state index is -1.03. The summed E-state index contributed by atoms with van der Waals surface area (Å²) in [4.78, 5) is 25.2. The zero-order valence-corrected chi connectivity index (χ0v) is 11.9. The number of amides is 2. The third kappa shape index (κ3) is 2.01. The van der Waals surface area contributed by atoms with E-state index in [-0.39, 0.29) is 22.5 Å². The SMILES string of the molecule is Nc1cc(N2C(=O)c3ccc(Br)cc3C2=O)c(F)cc1F. The van der Waals surface area contributed by atoms with E-state index in [1.807, 2.05) is 0 Å². The van der Waals surface area contributed by atoms with Gasteiger partial charge < -0.3 is 5.73 Å². The van der Waals surface area contributed by atoms with Crippen molar-refractivity contribution >= 4 is 39.1 Å². The number of nitrogens with two attached hydrogens (primary N) is 1. The summed E-state index contributed by atoms with van der Waals surface area (Å²) in [6.07, 6.45) is 0. The van der Waals surface area contributed by atoms with E-state index in [9.17, 15) is 18.4 Å². The molecule has 0 fully saturated rings. The molecule has 1 aliphatic rings. The van der Waals surface area contributed by atoms with Crippen LogP contribution in [0.1, 0.15) is 20.7 Å². The van der Waals surface area contributed by atoms with E-state index in [1.165, 1.54) is 12.1 Å². The second-order valence-electron chi connectivity index (χ2n) is 4.46. The molecule has 2 N–H and O–H groups in total. The Balaban J connectivity index is 2.16. The number of benzene rings is 2. The van der Waals surface area contributed by atoms with Crippen LogP contribution < -0.4 is 10.6 Å². The van der Waals surface area contributed by atoms with Gasteiger partial charge in [0.1, 0.15) is 11.6 Å². The second-order valence-corrected chi connectivity index (χ2v) is 5.38. The first-order chi connectivity index (χ1) is 9.90. The highest BCUT2D eigenvalue weighted by atomic mass is 79.9. The lowest BCUT2D eigenvalue weighted by atomic mass is 10.1. The van der Waals surface area contributed by atoms with Crippen LogP contribution in [-0.2, 0) is 0 Å². The Morgan fingerprint density at radius 2 is 1.62 bits per heavy atom. The van der Waals surface area contributed by atoms with Crippen LogP contribution in [0, 0.1) is 11.6 Å². The zero-order valence-electron chi connectivity index (χ0n) is 10.4. The molecule has 4 nitrogen and oxygen atoms in total. The maximum atomic E-state index is 13.9. The highest BCUT2D eigenvalue weighted by molar-refractivity contribution is 9.10. The molecule has 0 aromatic heterocycles. The predicted molar refractivity (Wildman–Crippen MR) is 76.1 cm³/mol. The monoisotopic (exact) mass is 352 g/mol. The van der Waals surface area contributed by atoms with Crippen LogP contribution in [-0.4, -0.2) is 11.8 Å². The van der Waals surface area contributed by atoms with Crippen molar-refractivity contribution in [3.63, 3.8) is 0 Å². The minimum absolute atomic E-state index is 0.150. The third-order valence-electron chi connectivity index (χ3n) is 3.16. The number of anilines is 2. The Morgan fingerprint density at radius 1 is 0.952 bits per heavy atom. The van der Waals surface area contributed by atoms with Gasteiger partial charge in [0.05, 0.1) is 22.5 Å². The maximum Gasteiger partial charge on any atom is 0.266 e. The first-order valence-corrected chi connectivity index (χ1v) is 6.62.